The van der Waals surface area contributed by atoms with E-state index in [9.17, 15) is 0 Å². The summed E-state index contributed by atoms with van der Waals surface area (Å²) >= 11 is 0. The molecule has 3 heteroatoms. The second kappa shape index (κ2) is 7.65. The van der Waals surface area contributed by atoms with E-state index >= 15 is 0 Å². The van der Waals surface area contributed by atoms with Crippen molar-refractivity contribution in [2.75, 3.05) is 34.3 Å². The maximum absolute atomic E-state index is 5.48. The normalized spacial score (nSPS) is 17.6. The summed E-state index contributed by atoms with van der Waals surface area (Å²) in [6.07, 6.45) is 5.65. The van der Waals surface area contributed by atoms with Crippen molar-refractivity contribution in [3.8, 4) is 5.75 Å². The van der Waals surface area contributed by atoms with Crippen LogP contribution >= 0.6 is 0 Å². The van der Waals surface area contributed by atoms with Gasteiger partial charge in [0.2, 0.25) is 0 Å². The van der Waals surface area contributed by atoms with Gasteiger partial charge < -0.3 is 15.0 Å². The van der Waals surface area contributed by atoms with E-state index in [4.69, 9.17) is 4.74 Å². The number of ether oxygens (including phenoxy) is 1. The third kappa shape index (κ3) is 3.97. The molecule has 1 saturated carbocycles. The molecule has 1 aliphatic carbocycles. The van der Waals surface area contributed by atoms with E-state index in [-0.39, 0.29) is 0 Å². The number of likely N-dealkylation sites (N-methyl/N-ethyl adjacent to an activating group) is 2. The first kappa shape index (κ1) is 15.3. The van der Waals surface area contributed by atoms with Crippen molar-refractivity contribution in [1.82, 2.24) is 10.2 Å². The number of hydrogen-bond donors (Lipinski definition) is 1. The van der Waals surface area contributed by atoms with Crippen LogP contribution < -0.4 is 10.1 Å². The molecule has 3 nitrogen and oxygen atoms in total. The van der Waals surface area contributed by atoms with Crippen LogP contribution in [0.15, 0.2) is 24.3 Å². The molecule has 112 valence electrons. The van der Waals surface area contributed by atoms with Crippen molar-refractivity contribution in [2.45, 2.75) is 31.7 Å². The number of nitrogens with one attached hydrogen (secondary N) is 1. The molecule has 1 aromatic carbocycles. The summed E-state index contributed by atoms with van der Waals surface area (Å²) in [5.74, 6) is 1.87. The van der Waals surface area contributed by atoms with Crippen molar-refractivity contribution in [3.63, 3.8) is 0 Å². The van der Waals surface area contributed by atoms with Crippen LogP contribution in [0.4, 0.5) is 0 Å². The van der Waals surface area contributed by atoms with E-state index in [1.54, 1.807) is 7.11 Å². The summed E-state index contributed by atoms with van der Waals surface area (Å²) < 4.78 is 5.48. The fourth-order valence-corrected chi connectivity index (χ4v) is 3.32. The van der Waals surface area contributed by atoms with Crippen LogP contribution in [0.3, 0.4) is 0 Å². The van der Waals surface area contributed by atoms with Gasteiger partial charge in [-0.2, -0.15) is 0 Å². The van der Waals surface area contributed by atoms with Crippen molar-refractivity contribution in [3.05, 3.63) is 29.8 Å². The molecule has 0 saturated heterocycles. The predicted molar refractivity (Wildman–Crippen MR) is 84.2 cm³/mol. The van der Waals surface area contributed by atoms with Crippen LogP contribution in [0.2, 0.25) is 0 Å². The van der Waals surface area contributed by atoms with Crippen LogP contribution in [-0.4, -0.2) is 39.2 Å². The molecule has 1 unspecified atom stereocenters. The monoisotopic (exact) mass is 276 g/mol. The summed E-state index contributed by atoms with van der Waals surface area (Å²) in [7, 11) is 6.01. The topological polar surface area (TPSA) is 24.5 Å². The van der Waals surface area contributed by atoms with Gasteiger partial charge >= 0.3 is 0 Å². The quantitative estimate of drug-likeness (QED) is 0.828. The lowest BCUT2D eigenvalue weighted by molar-refractivity contribution is 0.251. The minimum Gasteiger partial charge on any atom is -0.496 e. The number of hydrogen-bond acceptors (Lipinski definition) is 3. The van der Waals surface area contributed by atoms with Gasteiger partial charge in [0.1, 0.15) is 5.75 Å². The smallest absolute Gasteiger partial charge is 0.123 e. The summed E-state index contributed by atoms with van der Waals surface area (Å²) in [5.41, 5.74) is 1.25. The van der Waals surface area contributed by atoms with E-state index in [1.165, 1.54) is 37.8 Å². The van der Waals surface area contributed by atoms with Gasteiger partial charge in [0.15, 0.2) is 0 Å². The van der Waals surface area contributed by atoms with Gasteiger partial charge in [-0.05, 0) is 38.9 Å². The van der Waals surface area contributed by atoms with Gasteiger partial charge in [0.05, 0.1) is 7.11 Å². The van der Waals surface area contributed by atoms with Gasteiger partial charge in [0.25, 0.3) is 0 Å². The second-order valence-corrected chi connectivity index (χ2v) is 5.95. The van der Waals surface area contributed by atoms with Crippen molar-refractivity contribution in [1.29, 1.82) is 0 Å². The van der Waals surface area contributed by atoms with Gasteiger partial charge in [-0.1, -0.05) is 31.0 Å². The Morgan fingerprint density at radius 3 is 2.65 bits per heavy atom. The van der Waals surface area contributed by atoms with Gasteiger partial charge in [0, 0.05) is 24.7 Å². The molecule has 0 radical (unpaired) electrons. The number of para-hydroxylation sites is 1. The summed E-state index contributed by atoms with van der Waals surface area (Å²) in [6.45, 7) is 2.24. The third-order valence-electron chi connectivity index (χ3n) is 4.40. The number of rotatable bonds is 7. The van der Waals surface area contributed by atoms with E-state index in [2.05, 4.69) is 29.4 Å². The minimum absolute atomic E-state index is 0.317. The largest absolute Gasteiger partial charge is 0.496 e. The molecular formula is C17H28N2O. The highest BCUT2D eigenvalue weighted by Gasteiger charge is 2.20. The van der Waals surface area contributed by atoms with E-state index < -0.39 is 0 Å². The molecule has 0 aromatic heterocycles. The second-order valence-electron chi connectivity index (χ2n) is 5.95. The molecule has 0 spiro atoms. The number of benzene rings is 1. The first-order chi connectivity index (χ1) is 9.74. The van der Waals surface area contributed by atoms with Gasteiger partial charge in [-0.15, -0.1) is 0 Å². The number of nitrogens with zero attached hydrogens (tertiary/aromatic N) is 1. The van der Waals surface area contributed by atoms with Crippen LogP contribution in [0.25, 0.3) is 0 Å². The zero-order valence-electron chi connectivity index (χ0n) is 13.1. The van der Waals surface area contributed by atoms with Crippen molar-refractivity contribution < 1.29 is 4.74 Å². The molecule has 1 aliphatic rings. The Bertz CT molecular complexity index is 402. The fourth-order valence-electron chi connectivity index (χ4n) is 3.32. The molecule has 0 bridgehead atoms. The Morgan fingerprint density at radius 1 is 1.30 bits per heavy atom. The Kier molecular flexibility index (Phi) is 5.86. The average molecular weight is 276 g/mol. The van der Waals surface area contributed by atoms with Crippen molar-refractivity contribution in [2.24, 2.45) is 5.92 Å². The molecule has 2 rings (SSSR count). The first-order valence-corrected chi connectivity index (χ1v) is 7.73. The Morgan fingerprint density at radius 2 is 2.00 bits per heavy atom. The molecule has 0 aliphatic heterocycles. The van der Waals surface area contributed by atoms with Crippen LogP contribution in [0, 0.1) is 5.92 Å². The van der Waals surface area contributed by atoms with Crippen LogP contribution in [0.5, 0.6) is 5.75 Å². The fraction of sp³-hybridized carbons (Fsp3) is 0.647. The van der Waals surface area contributed by atoms with Crippen LogP contribution in [0.1, 0.15) is 37.3 Å². The summed E-state index contributed by atoms with van der Waals surface area (Å²) in [4.78, 5) is 2.46. The van der Waals surface area contributed by atoms with Crippen molar-refractivity contribution >= 4 is 0 Å². The predicted octanol–water partition coefficient (Wildman–Crippen LogP) is 3.08. The molecular weight excluding hydrogens is 248 g/mol. The Balaban J connectivity index is 1.96. The van der Waals surface area contributed by atoms with E-state index in [0.29, 0.717) is 6.04 Å². The highest BCUT2D eigenvalue weighted by molar-refractivity contribution is 5.36. The zero-order chi connectivity index (χ0) is 14.4. The molecule has 0 heterocycles. The van der Waals surface area contributed by atoms with E-state index in [1.807, 2.05) is 19.2 Å². The third-order valence-corrected chi connectivity index (χ3v) is 4.40. The maximum atomic E-state index is 5.48. The first-order valence-electron chi connectivity index (χ1n) is 7.73. The standard InChI is InChI=1S/C17H28N2O/c1-18-16(15-10-6-7-11-17(15)20-3)13-19(2)12-14-8-4-5-9-14/h6-7,10-11,14,16,18H,4-5,8-9,12-13H2,1-3H3. The lowest BCUT2D eigenvalue weighted by Crippen LogP contribution is -2.34. The Labute approximate surface area is 123 Å². The molecule has 1 fully saturated rings. The van der Waals surface area contributed by atoms with E-state index in [0.717, 1.165) is 18.2 Å². The lowest BCUT2D eigenvalue weighted by Gasteiger charge is -2.27. The molecule has 1 atom stereocenters. The zero-order valence-corrected chi connectivity index (χ0v) is 13.1. The van der Waals surface area contributed by atoms with Crippen LogP contribution in [-0.2, 0) is 0 Å². The lowest BCUT2D eigenvalue weighted by atomic mass is 10.0. The SMILES string of the molecule is CNC(CN(C)CC1CCCC1)c1ccccc1OC. The average Bonchev–Trinajstić information content (AvgIpc) is 2.97. The Hall–Kier alpha value is -1.06. The highest BCUT2D eigenvalue weighted by Crippen LogP contribution is 2.27. The highest BCUT2D eigenvalue weighted by atomic mass is 16.5. The maximum Gasteiger partial charge on any atom is 0.123 e. The summed E-state index contributed by atoms with van der Waals surface area (Å²) in [6, 6.07) is 8.62. The van der Waals surface area contributed by atoms with Gasteiger partial charge in [-0.25, -0.2) is 0 Å². The molecule has 1 N–H and O–H groups in total. The molecule has 0 amide bonds. The molecule has 20 heavy (non-hydrogen) atoms. The summed E-state index contributed by atoms with van der Waals surface area (Å²) in [5, 5.41) is 3.43. The molecule has 1 aromatic rings. The van der Waals surface area contributed by atoms with Gasteiger partial charge in [-0.3, -0.25) is 0 Å². The number of methoxy groups -OCH3 is 1. The minimum atomic E-state index is 0.317.